The Hall–Kier alpha value is -0.450. The molecule has 1 N–H and O–H groups in total. The van der Waals surface area contributed by atoms with Crippen LogP contribution in [0.1, 0.15) is 39.0 Å². The summed E-state index contributed by atoms with van der Waals surface area (Å²) < 4.78 is 0. The summed E-state index contributed by atoms with van der Waals surface area (Å²) in [7, 11) is 0. The van der Waals surface area contributed by atoms with Gasteiger partial charge in [0.1, 0.15) is 0 Å². The third kappa shape index (κ3) is 3.11. The molecule has 3 nitrogen and oxygen atoms in total. The zero-order valence-corrected chi connectivity index (χ0v) is 12.8. The SMILES string of the molecule is CCC1(C)CN(Cc2cncs2)C(C(C)C)CN1. The zero-order valence-electron chi connectivity index (χ0n) is 11.9. The molecule has 1 fully saturated rings. The molecule has 0 aromatic carbocycles. The molecule has 0 aliphatic carbocycles. The molecule has 1 aliphatic heterocycles. The van der Waals surface area contributed by atoms with Gasteiger partial charge in [0.15, 0.2) is 0 Å². The summed E-state index contributed by atoms with van der Waals surface area (Å²) in [5.41, 5.74) is 2.19. The molecule has 0 bridgehead atoms. The maximum atomic E-state index is 4.19. The standard InChI is InChI=1S/C14H25N3S/c1-5-14(4)9-17(8-12-6-15-10-18-12)13(7-16-14)11(2)3/h6,10-11,13,16H,5,7-9H2,1-4H3. The van der Waals surface area contributed by atoms with E-state index in [9.17, 15) is 0 Å². The van der Waals surface area contributed by atoms with E-state index in [-0.39, 0.29) is 5.54 Å². The van der Waals surface area contributed by atoms with Crippen LogP contribution >= 0.6 is 11.3 Å². The Kier molecular flexibility index (Phi) is 4.41. The first-order valence-electron chi connectivity index (χ1n) is 6.90. The topological polar surface area (TPSA) is 28.2 Å². The van der Waals surface area contributed by atoms with Crippen LogP contribution in [-0.4, -0.2) is 34.6 Å². The average molecular weight is 267 g/mol. The lowest BCUT2D eigenvalue weighted by molar-refractivity contribution is 0.0547. The van der Waals surface area contributed by atoms with Gasteiger partial charge in [0.25, 0.3) is 0 Å². The van der Waals surface area contributed by atoms with E-state index in [1.807, 2.05) is 11.7 Å². The van der Waals surface area contributed by atoms with Crippen molar-refractivity contribution in [3.63, 3.8) is 0 Å². The lowest BCUT2D eigenvalue weighted by Crippen LogP contribution is -2.63. The number of nitrogens with one attached hydrogen (secondary N) is 1. The second-order valence-electron chi connectivity index (χ2n) is 5.98. The molecule has 0 spiro atoms. The van der Waals surface area contributed by atoms with Gasteiger partial charge in [-0.05, 0) is 19.3 Å². The first-order valence-corrected chi connectivity index (χ1v) is 7.78. The van der Waals surface area contributed by atoms with E-state index < -0.39 is 0 Å². The molecule has 18 heavy (non-hydrogen) atoms. The van der Waals surface area contributed by atoms with Gasteiger partial charge >= 0.3 is 0 Å². The Morgan fingerprint density at radius 3 is 2.94 bits per heavy atom. The minimum absolute atomic E-state index is 0.260. The van der Waals surface area contributed by atoms with E-state index in [4.69, 9.17) is 0 Å². The third-order valence-corrected chi connectivity index (χ3v) is 4.92. The highest BCUT2D eigenvalue weighted by Gasteiger charge is 2.35. The van der Waals surface area contributed by atoms with E-state index in [1.54, 1.807) is 11.3 Å². The van der Waals surface area contributed by atoms with Crippen LogP contribution in [0.25, 0.3) is 0 Å². The smallest absolute Gasteiger partial charge is 0.0794 e. The maximum Gasteiger partial charge on any atom is 0.0794 e. The molecule has 1 aromatic rings. The van der Waals surface area contributed by atoms with Crippen molar-refractivity contribution in [2.24, 2.45) is 5.92 Å². The molecule has 0 amide bonds. The molecule has 1 aromatic heterocycles. The van der Waals surface area contributed by atoms with Crippen LogP contribution < -0.4 is 5.32 Å². The number of rotatable bonds is 4. The Morgan fingerprint density at radius 1 is 1.61 bits per heavy atom. The van der Waals surface area contributed by atoms with Crippen molar-refractivity contribution in [2.75, 3.05) is 13.1 Å². The Balaban J connectivity index is 2.09. The number of hydrogen-bond acceptors (Lipinski definition) is 4. The van der Waals surface area contributed by atoms with Crippen LogP contribution in [0.2, 0.25) is 0 Å². The van der Waals surface area contributed by atoms with Crippen molar-refractivity contribution in [1.82, 2.24) is 15.2 Å². The van der Waals surface area contributed by atoms with Crippen LogP contribution in [-0.2, 0) is 6.54 Å². The van der Waals surface area contributed by atoms with Crippen molar-refractivity contribution in [3.05, 3.63) is 16.6 Å². The summed E-state index contributed by atoms with van der Waals surface area (Å²) in [4.78, 5) is 8.20. The van der Waals surface area contributed by atoms with Crippen LogP contribution in [0.15, 0.2) is 11.7 Å². The molecular formula is C14H25N3S. The average Bonchev–Trinajstić information content (AvgIpc) is 2.81. The van der Waals surface area contributed by atoms with E-state index in [2.05, 4.69) is 42.9 Å². The van der Waals surface area contributed by atoms with Gasteiger partial charge in [0.2, 0.25) is 0 Å². The van der Waals surface area contributed by atoms with E-state index in [0.717, 1.165) is 19.6 Å². The van der Waals surface area contributed by atoms with Crippen molar-refractivity contribution < 1.29 is 0 Å². The van der Waals surface area contributed by atoms with Crippen LogP contribution in [0.4, 0.5) is 0 Å². The van der Waals surface area contributed by atoms with Crippen molar-refractivity contribution in [1.29, 1.82) is 0 Å². The fourth-order valence-electron chi connectivity index (χ4n) is 2.69. The fourth-order valence-corrected chi connectivity index (χ4v) is 3.31. The van der Waals surface area contributed by atoms with Gasteiger partial charge in [0, 0.05) is 42.3 Å². The monoisotopic (exact) mass is 267 g/mol. The largest absolute Gasteiger partial charge is 0.309 e. The molecule has 102 valence electrons. The predicted molar refractivity (Wildman–Crippen MR) is 77.8 cm³/mol. The molecule has 2 atom stereocenters. The number of nitrogens with zero attached hydrogens (tertiary/aromatic N) is 2. The molecule has 0 saturated carbocycles. The fraction of sp³-hybridized carbons (Fsp3) is 0.786. The molecule has 0 radical (unpaired) electrons. The third-order valence-electron chi connectivity index (χ3n) is 4.15. The molecule has 2 unspecified atom stereocenters. The molecule has 2 heterocycles. The highest BCUT2D eigenvalue weighted by molar-refractivity contribution is 7.09. The lowest BCUT2D eigenvalue weighted by atomic mass is 9.90. The number of hydrogen-bond donors (Lipinski definition) is 1. The van der Waals surface area contributed by atoms with Gasteiger partial charge in [-0.1, -0.05) is 20.8 Å². The summed E-state index contributed by atoms with van der Waals surface area (Å²) in [6.45, 7) is 12.5. The summed E-state index contributed by atoms with van der Waals surface area (Å²) >= 11 is 1.76. The van der Waals surface area contributed by atoms with Crippen molar-refractivity contribution >= 4 is 11.3 Å². The molecule has 4 heteroatoms. The predicted octanol–water partition coefficient (Wildman–Crippen LogP) is 2.74. The highest BCUT2D eigenvalue weighted by Crippen LogP contribution is 2.25. The van der Waals surface area contributed by atoms with Gasteiger partial charge in [-0.3, -0.25) is 9.88 Å². The summed E-state index contributed by atoms with van der Waals surface area (Å²) in [5.74, 6) is 0.687. The highest BCUT2D eigenvalue weighted by atomic mass is 32.1. The van der Waals surface area contributed by atoms with E-state index >= 15 is 0 Å². The minimum atomic E-state index is 0.260. The van der Waals surface area contributed by atoms with E-state index in [0.29, 0.717) is 12.0 Å². The van der Waals surface area contributed by atoms with Crippen LogP contribution in [0, 0.1) is 5.92 Å². The first kappa shape index (κ1) is 14.0. The Labute approximate surface area is 115 Å². The van der Waals surface area contributed by atoms with Crippen molar-refractivity contribution in [3.8, 4) is 0 Å². The van der Waals surface area contributed by atoms with Crippen molar-refractivity contribution in [2.45, 2.75) is 52.2 Å². The molecular weight excluding hydrogens is 242 g/mol. The number of thiazole rings is 1. The van der Waals surface area contributed by atoms with Crippen LogP contribution in [0.3, 0.4) is 0 Å². The molecule has 1 aliphatic rings. The molecule has 1 saturated heterocycles. The number of aromatic nitrogens is 1. The van der Waals surface area contributed by atoms with Crippen LogP contribution in [0.5, 0.6) is 0 Å². The van der Waals surface area contributed by atoms with Gasteiger partial charge < -0.3 is 5.32 Å². The van der Waals surface area contributed by atoms with Gasteiger partial charge in [0.05, 0.1) is 5.51 Å². The maximum absolute atomic E-state index is 4.19. The minimum Gasteiger partial charge on any atom is -0.309 e. The summed E-state index contributed by atoms with van der Waals surface area (Å²) in [6, 6.07) is 0.631. The summed E-state index contributed by atoms with van der Waals surface area (Å²) in [6.07, 6.45) is 3.18. The quantitative estimate of drug-likeness (QED) is 0.909. The van der Waals surface area contributed by atoms with E-state index in [1.165, 1.54) is 11.3 Å². The first-order chi connectivity index (χ1) is 8.54. The Morgan fingerprint density at radius 2 is 2.39 bits per heavy atom. The summed E-state index contributed by atoms with van der Waals surface area (Å²) in [5, 5.41) is 3.73. The Bertz CT molecular complexity index is 363. The zero-order chi connectivity index (χ0) is 13.2. The normalized spacial score (nSPS) is 29.9. The van der Waals surface area contributed by atoms with Gasteiger partial charge in [-0.25, -0.2) is 0 Å². The lowest BCUT2D eigenvalue weighted by Gasteiger charge is -2.47. The number of piperazine rings is 1. The van der Waals surface area contributed by atoms with Gasteiger partial charge in [-0.2, -0.15) is 0 Å². The molecule has 2 rings (SSSR count). The second kappa shape index (κ2) is 5.68. The van der Waals surface area contributed by atoms with Gasteiger partial charge in [-0.15, -0.1) is 11.3 Å². The second-order valence-corrected chi connectivity index (χ2v) is 6.95.